The summed E-state index contributed by atoms with van der Waals surface area (Å²) in [6.07, 6.45) is -0.300. The summed E-state index contributed by atoms with van der Waals surface area (Å²) in [6, 6.07) is 13.0. The number of hydrogen-bond donors (Lipinski definition) is 0. The normalized spacial score (nSPS) is 21.0. The smallest absolute Gasteiger partial charge is 0.338 e. The molecule has 0 N–H and O–H groups in total. The lowest BCUT2D eigenvalue weighted by Crippen LogP contribution is -2.32. The molecule has 0 aromatic heterocycles. The summed E-state index contributed by atoms with van der Waals surface area (Å²) < 4.78 is 9.21. The lowest BCUT2D eigenvalue weighted by Gasteiger charge is -2.36. The predicted molar refractivity (Wildman–Crippen MR) is 125 cm³/mol. The van der Waals surface area contributed by atoms with E-state index >= 15 is 0 Å². The Kier molecular flexibility index (Phi) is 5.71. The third kappa shape index (κ3) is 3.35. The number of hydrogen-bond acceptors (Lipinski definition) is 5. The first-order chi connectivity index (χ1) is 14.4. The van der Waals surface area contributed by atoms with Crippen LogP contribution in [-0.4, -0.2) is 50.3 Å². The Morgan fingerprint density at radius 2 is 1.80 bits per heavy atom. The molecule has 1 fully saturated rings. The Morgan fingerprint density at radius 3 is 2.40 bits per heavy atom. The summed E-state index contributed by atoms with van der Waals surface area (Å²) in [6.45, 7) is 3.90. The molecule has 4 rings (SSSR count). The monoisotopic (exact) mass is 443 g/mol. The van der Waals surface area contributed by atoms with Crippen molar-refractivity contribution in [3.05, 3.63) is 53.6 Å². The van der Waals surface area contributed by atoms with Crippen molar-refractivity contribution < 1.29 is 14.3 Å². The van der Waals surface area contributed by atoms with Crippen LogP contribution in [0.25, 0.3) is 0 Å². The van der Waals surface area contributed by atoms with Crippen molar-refractivity contribution in [3.63, 3.8) is 0 Å². The summed E-state index contributed by atoms with van der Waals surface area (Å²) in [4.78, 5) is 27.6. The van der Waals surface area contributed by atoms with Crippen LogP contribution in [0.3, 0.4) is 0 Å². The molecule has 0 bridgehead atoms. The maximum atomic E-state index is 13.6. The van der Waals surface area contributed by atoms with E-state index in [0.717, 1.165) is 42.6 Å². The molecule has 0 radical (unpaired) electrons. The lowest BCUT2D eigenvalue weighted by atomic mass is 10.1. The molecule has 1 atom stereocenters. The fourth-order valence-electron chi connectivity index (χ4n) is 4.05. The minimum absolute atomic E-state index is 0.0622. The quantitative estimate of drug-likeness (QED) is 0.520. The number of carbonyl (C=O) groups excluding carboxylic acids is 2. The molecule has 0 spiro atoms. The molecule has 0 saturated carbocycles. The van der Waals surface area contributed by atoms with Gasteiger partial charge in [-0.05, 0) is 62.2 Å². The zero-order valence-corrected chi connectivity index (χ0v) is 19.2. The fourth-order valence-corrected chi connectivity index (χ4v) is 8.66. The second-order valence-electron chi connectivity index (χ2n) is 7.68. The van der Waals surface area contributed by atoms with Crippen LogP contribution in [0.4, 0.5) is 11.4 Å². The largest absolute Gasteiger partial charge is 0.462 e. The Hall–Kier alpha value is -2.21. The molecule has 0 aliphatic carbocycles. The van der Waals surface area contributed by atoms with Gasteiger partial charge in [-0.15, -0.1) is 0 Å². The van der Waals surface area contributed by atoms with Crippen molar-refractivity contribution in [2.24, 2.45) is 0 Å². The number of carbonyl (C=O) groups is 2. The zero-order valence-electron chi connectivity index (χ0n) is 17.5. The maximum absolute atomic E-state index is 13.6. The summed E-state index contributed by atoms with van der Waals surface area (Å²) >= 11 is 6.33. The van der Waals surface area contributed by atoms with E-state index in [1.54, 1.807) is 31.2 Å². The molecular formula is C22H26N3O3PS. The molecule has 1 unspecified atom stereocenters. The number of benzene rings is 2. The van der Waals surface area contributed by atoms with Gasteiger partial charge in [0.1, 0.15) is 6.34 Å². The SMILES string of the molecule is CCOC(=O)c1ccc(N2C(=O)c3cc(N(C)C)ccc3P2(=S)N2CCCC2)cc1. The molecule has 2 aromatic carbocycles. The van der Waals surface area contributed by atoms with Crippen molar-refractivity contribution in [3.8, 4) is 0 Å². The third-order valence-corrected chi connectivity index (χ3v) is 10.5. The van der Waals surface area contributed by atoms with Crippen LogP contribution in [0, 0.1) is 0 Å². The Bertz CT molecular complexity index is 1030. The van der Waals surface area contributed by atoms with Crippen LogP contribution in [-0.2, 0) is 16.5 Å². The van der Waals surface area contributed by atoms with E-state index < -0.39 is 6.34 Å². The maximum Gasteiger partial charge on any atom is 0.338 e. The van der Waals surface area contributed by atoms with Gasteiger partial charge in [-0.2, -0.15) is 0 Å². The van der Waals surface area contributed by atoms with Gasteiger partial charge in [-0.3, -0.25) is 14.1 Å². The molecule has 2 aliphatic heterocycles. The number of fused-ring (bicyclic) bond motifs is 1. The molecule has 30 heavy (non-hydrogen) atoms. The molecule has 1 amide bonds. The van der Waals surface area contributed by atoms with Gasteiger partial charge in [0.05, 0.1) is 23.4 Å². The van der Waals surface area contributed by atoms with Crippen molar-refractivity contribution in [1.82, 2.24) is 4.67 Å². The molecule has 158 valence electrons. The van der Waals surface area contributed by atoms with Gasteiger partial charge in [0.2, 0.25) is 0 Å². The summed E-state index contributed by atoms with van der Waals surface area (Å²) in [5.41, 5.74) is 2.86. The summed E-state index contributed by atoms with van der Waals surface area (Å²) in [5, 5.41) is 0.962. The van der Waals surface area contributed by atoms with Crippen molar-refractivity contribution in [2.75, 3.05) is 43.4 Å². The van der Waals surface area contributed by atoms with E-state index in [9.17, 15) is 9.59 Å². The van der Waals surface area contributed by atoms with Crippen LogP contribution in [0.2, 0.25) is 0 Å². The number of amides is 1. The summed E-state index contributed by atoms with van der Waals surface area (Å²) in [7, 11) is 3.92. The van der Waals surface area contributed by atoms with E-state index in [-0.39, 0.29) is 11.9 Å². The number of esters is 1. The van der Waals surface area contributed by atoms with Gasteiger partial charge >= 0.3 is 5.97 Å². The van der Waals surface area contributed by atoms with Crippen LogP contribution >= 0.6 is 6.34 Å². The standard InChI is InChI=1S/C22H26N3O3PS/c1-4-28-22(27)16-7-9-17(10-8-16)25-21(26)19-15-18(23(2)3)11-12-20(19)29(25,30)24-13-5-6-14-24/h7-12,15H,4-6,13-14H2,1-3H3. The Labute approximate surface area is 182 Å². The van der Waals surface area contributed by atoms with E-state index in [1.807, 2.05) is 41.9 Å². The van der Waals surface area contributed by atoms with Crippen molar-refractivity contribution in [1.29, 1.82) is 0 Å². The van der Waals surface area contributed by atoms with E-state index in [4.69, 9.17) is 16.5 Å². The van der Waals surface area contributed by atoms with Crippen molar-refractivity contribution >= 4 is 46.7 Å². The molecule has 1 saturated heterocycles. The van der Waals surface area contributed by atoms with Crippen LogP contribution < -0.4 is 14.9 Å². The van der Waals surface area contributed by atoms with E-state index in [0.29, 0.717) is 17.7 Å². The molecular weight excluding hydrogens is 417 g/mol. The highest BCUT2D eigenvalue weighted by Crippen LogP contribution is 2.60. The molecule has 2 aromatic rings. The molecule has 6 nitrogen and oxygen atoms in total. The molecule has 8 heteroatoms. The Morgan fingerprint density at radius 1 is 1.13 bits per heavy atom. The van der Waals surface area contributed by atoms with Crippen LogP contribution in [0.1, 0.15) is 40.5 Å². The van der Waals surface area contributed by atoms with Gasteiger partial charge in [-0.1, -0.05) is 11.8 Å². The van der Waals surface area contributed by atoms with Crippen molar-refractivity contribution in [2.45, 2.75) is 19.8 Å². The van der Waals surface area contributed by atoms with E-state index in [1.165, 1.54) is 0 Å². The van der Waals surface area contributed by atoms with E-state index in [2.05, 4.69) is 4.67 Å². The number of ether oxygens (including phenoxy) is 1. The second-order valence-corrected chi connectivity index (χ2v) is 11.7. The minimum Gasteiger partial charge on any atom is -0.462 e. The third-order valence-electron chi connectivity index (χ3n) is 5.59. The van der Waals surface area contributed by atoms with Crippen LogP contribution in [0.15, 0.2) is 42.5 Å². The first-order valence-corrected chi connectivity index (χ1v) is 12.9. The zero-order chi connectivity index (χ0) is 21.5. The number of anilines is 2. The van der Waals surface area contributed by atoms with Crippen LogP contribution in [0.5, 0.6) is 0 Å². The highest BCUT2D eigenvalue weighted by molar-refractivity contribution is 8.18. The highest BCUT2D eigenvalue weighted by Gasteiger charge is 2.47. The highest BCUT2D eigenvalue weighted by atomic mass is 32.4. The van der Waals surface area contributed by atoms with Gasteiger partial charge < -0.3 is 9.64 Å². The number of rotatable bonds is 5. The minimum atomic E-state index is -2.48. The van der Waals surface area contributed by atoms with Gasteiger partial charge in [0.25, 0.3) is 5.91 Å². The Balaban J connectivity index is 1.80. The fraction of sp³-hybridized carbons (Fsp3) is 0.364. The number of nitrogens with zero attached hydrogens (tertiary/aromatic N) is 3. The average Bonchev–Trinajstić information content (AvgIpc) is 3.35. The molecule has 2 heterocycles. The summed E-state index contributed by atoms with van der Waals surface area (Å²) in [5.74, 6) is -0.428. The first-order valence-electron chi connectivity index (χ1n) is 10.2. The topological polar surface area (TPSA) is 53.1 Å². The molecule has 2 aliphatic rings. The predicted octanol–water partition coefficient (Wildman–Crippen LogP) is 3.62. The second kappa shape index (κ2) is 8.14. The lowest BCUT2D eigenvalue weighted by molar-refractivity contribution is 0.0526. The average molecular weight is 444 g/mol. The van der Waals surface area contributed by atoms with Gasteiger partial charge in [0, 0.05) is 38.2 Å². The first kappa shape index (κ1) is 21.0. The van der Waals surface area contributed by atoms with Gasteiger partial charge in [0.15, 0.2) is 0 Å². The van der Waals surface area contributed by atoms with Gasteiger partial charge in [-0.25, -0.2) is 4.79 Å².